The number of rotatable bonds is 3. The molecule has 3 atom stereocenters. The van der Waals surface area contributed by atoms with Gasteiger partial charge in [-0.1, -0.05) is 37.3 Å². The lowest BCUT2D eigenvalue weighted by atomic mass is 9.73. The number of esters is 1. The third-order valence-electron chi connectivity index (χ3n) is 4.50. The van der Waals surface area contributed by atoms with Crippen molar-refractivity contribution in [1.82, 2.24) is 0 Å². The van der Waals surface area contributed by atoms with Crippen LogP contribution in [0.2, 0.25) is 0 Å². The van der Waals surface area contributed by atoms with Crippen LogP contribution in [0.1, 0.15) is 26.2 Å². The summed E-state index contributed by atoms with van der Waals surface area (Å²) in [5.74, 6) is 1.57. The summed E-state index contributed by atoms with van der Waals surface area (Å²) in [7, 11) is 0. The predicted octanol–water partition coefficient (Wildman–Crippen LogP) is 3.58. The zero-order valence-corrected chi connectivity index (χ0v) is 10.6. The number of benzene rings is 1. The van der Waals surface area contributed by atoms with Crippen LogP contribution in [0.4, 0.5) is 0 Å². The Morgan fingerprint density at radius 3 is 2.67 bits per heavy atom. The summed E-state index contributed by atoms with van der Waals surface area (Å²) in [6.45, 7) is 2.10. The van der Waals surface area contributed by atoms with Gasteiger partial charge in [0.25, 0.3) is 0 Å². The molecule has 1 fully saturated rings. The fraction of sp³-hybridized carbons (Fsp3) is 0.438. The van der Waals surface area contributed by atoms with E-state index in [2.05, 4.69) is 19.1 Å². The summed E-state index contributed by atoms with van der Waals surface area (Å²) < 4.78 is 5.57. The molecular formula is C16H18O2. The average molecular weight is 242 g/mol. The number of fused-ring (bicyclic) bond motifs is 2. The van der Waals surface area contributed by atoms with E-state index in [1.165, 1.54) is 0 Å². The first-order valence-electron chi connectivity index (χ1n) is 6.70. The van der Waals surface area contributed by atoms with Crippen LogP contribution >= 0.6 is 0 Å². The normalized spacial score (nSPS) is 32.7. The molecule has 2 aliphatic carbocycles. The Bertz CT molecular complexity index is 477. The van der Waals surface area contributed by atoms with Crippen LogP contribution in [0.3, 0.4) is 0 Å². The molecule has 0 aliphatic heterocycles. The number of allylic oxidation sites excluding steroid dienone is 2. The van der Waals surface area contributed by atoms with Crippen molar-refractivity contribution in [1.29, 1.82) is 0 Å². The molecule has 0 heterocycles. The SMILES string of the molecule is CCC1(C(=O)Oc2ccccc2)CC2C=CC1C2. The van der Waals surface area contributed by atoms with Crippen molar-refractivity contribution in [3.8, 4) is 5.75 Å². The van der Waals surface area contributed by atoms with Crippen LogP contribution in [0.15, 0.2) is 42.5 Å². The van der Waals surface area contributed by atoms with E-state index in [4.69, 9.17) is 4.74 Å². The number of hydrogen-bond donors (Lipinski definition) is 0. The Balaban J connectivity index is 1.81. The molecule has 0 N–H and O–H groups in total. The number of carbonyl (C=O) groups is 1. The number of carbonyl (C=O) groups excluding carboxylic acids is 1. The van der Waals surface area contributed by atoms with Gasteiger partial charge in [0, 0.05) is 0 Å². The molecule has 3 unspecified atom stereocenters. The fourth-order valence-corrected chi connectivity index (χ4v) is 3.44. The van der Waals surface area contributed by atoms with Gasteiger partial charge in [0.15, 0.2) is 0 Å². The highest BCUT2D eigenvalue weighted by molar-refractivity contribution is 5.80. The second-order valence-corrected chi connectivity index (χ2v) is 5.40. The number of para-hydroxylation sites is 1. The molecule has 0 radical (unpaired) electrons. The average Bonchev–Trinajstić information content (AvgIpc) is 3.00. The lowest BCUT2D eigenvalue weighted by Gasteiger charge is -2.31. The first kappa shape index (κ1) is 11.5. The minimum absolute atomic E-state index is 0.0481. The lowest BCUT2D eigenvalue weighted by Crippen LogP contribution is -2.38. The van der Waals surface area contributed by atoms with Crippen LogP contribution in [0, 0.1) is 17.3 Å². The summed E-state index contributed by atoms with van der Waals surface area (Å²) >= 11 is 0. The minimum atomic E-state index is -0.282. The molecule has 0 saturated heterocycles. The van der Waals surface area contributed by atoms with E-state index >= 15 is 0 Å². The van der Waals surface area contributed by atoms with Gasteiger partial charge in [0.2, 0.25) is 0 Å². The summed E-state index contributed by atoms with van der Waals surface area (Å²) in [5.41, 5.74) is -0.282. The molecule has 94 valence electrons. The summed E-state index contributed by atoms with van der Waals surface area (Å²) in [4.78, 5) is 12.5. The Kier molecular flexibility index (Phi) is 2.73. The molecule has 1 aromatic rings. The van der Waals surface area contributed by atoms with E-state index in [0.717, 1.165) is 19.3 Å². The molecule has 3 rings (SSSR count). The second-order valence-electron chi connectivity index (χ2n) is 5.40. The topological polar surface area (TPSA) is 26.3 Å². The van der Waals surface area contributed by atoms with Crippen LogP contribution < -0.4 is 4.74 Å². The molecule has 0 aromatic heterocycles. The maximum atomic E-state index is 12.5. The van der Waals surface area contributed by atoms with Crippen LogP contribution in [0.25, 0.3) is 0 Å². The van der Waals surface area contributed by atoms with E-state index in [1.807, 2.05) is 30.3 Å². The van der Waals surface area contributed by atoms with E-state index < -0.39 is 0 Å². The zero-order valence-electron chi connectivity index (χ0n) is 10.6. The van der Waals surface area contributed by atoms with Gasteiger partial charge in [-0.15, -0.1) is 0 Å². The molecule has 1 aromatic carbocycles. The van der Waals surface area contributed by atoms with Crippen molar-refractivity contribution in [2.24, 2.45) is 17.3 Å². The third-order valence-corrected chi connectivity index (χ3v) is 4.50. The molecule has 2 bridgehead atoms. The molecule has 0 amide bonds. The van der Waals surface area contributed by atoms with Crippen molar-refractivity contribution >= 4 is 5.97 Å². The highest BCUT2D eigenvalue weighted by Gasteiger charge is 2.53. The summed E-state index contributed by atoms with van der Waals surface area (Å²) in [6, 6.07) is 9.38. The van der Waals surface area contributed by atoms with Crippen molar-refractivity contribution in [2.75, 3.05) is 0 Å². The maximum absolute atomic E-state index is 12.5. The number of hydrogen-bond acceptors (Lipinski definition) is 2. The molecule has 0 spiro atoms. The minimum Gasteiger partial charge on any atom is -0.426 e. The van der Waals surface area contributed by atoms with Gasteiger partial charge in [0.1, 0.15) is 5.75 Å². The van der Waals surface area contributed by atoms with Crippen molar-refractivity contribution in [2.45, 2.75) is 26.2 Å². The van der Waals surface area contributed by atoms with Gasteiger partial charge < -0.3 is 4.74 Å². The first-order chi connectivity index (χ1) is 8.74. The maximum Gasteiger partial charge on any atom is 0.318 e. The highest BCUT2D eigenvalue weighted by Crippen LogP contribution is 2.54. The quantitative estimate of drug-likeness (QED) is 0.460. The third kappa shape index (κ3) is 1.67. The van der Waals surface area contributed by atoms with Crippen molar-refractivity contribution < 1.29 is 9.53 Å². The molecule has 2 nitrogen and oxygen atoms in total. The summed E-state index contributed by atoms with van der Waals surface area (Å²) in [5, 5.41) is 0. The molecule has 18 heavy (non-hydrogen) atoms. The van der Waals surface area contributed by atoms with E-state index in [1.54, 1.807) is 0 Å². The molecule has 1 saturated carbocycles. The van der Waals surface area contributed by atoms with Crippen LogP contribution in [-0.4, -0.2) is 5.97 Å². The lowest BCUT2D eigenvalue weighted by molar-refractivity contribution is -0.147. The van der Waals surface area contributed by atoms with Gasteiger partial charge in [-0.05, 0) is 43.2 Å². The largest absolute Gasteiger partial charge is 0.426 e. The molecule has 2 aliphatic rings. The Morgan fingerprint density at radius 1 is 1.33 bits per heavy atom. The smallest absolute Gasteiger partial charge is 0.318 e. The van der Waals surface area contributed by atoms with Gasteiger partial charge in [-0.3, -0.25) is 4.79 Å². The van der Waals surface area contributed by atoms with Crippen LogP contribution in [0.5, 0.6) is 5.75 Å². The van der Waals surface area contributed by atoms with E-state index in [0.29, 0.717) is 17.6 Å². The first-order valence-corrected chi connectivity index (χ1v) is 6.70. The van der Waals surface area contributed by atoms with Gasteiger partial charge >= 0.3 is 5.97 Å². The Morgan fingerprint density at radius 2 is 2.11 bits per heavy atom. The van der Waals surface area contributed by atoms with E-state index in [-0.39, 0.29) is 11.4 Å². The van der Waals surface area contributed by atoms with Gasteiger partial charge in [-0.2, -0.15) is 0 Å². The second kappa shape index (κ2) is 4.27. The molecular weight excluding hydrogens is 224 g/mol. The Hall–Kier alpha value is -1.57. The molecule has 2 heteroatoms. The van der Waals surface area contributed by atoms with Crippen molar-refractivity contribution in [3.05, 3.63) is 42.5 Å². The number of ether oxygens (including phenoxy) is 1. The fourth-order valence-electron chi connectivity index (χ4n) is 3.44. The van der Waals surface area contributed by atoms with Crippen LogP contribution in [-0.2, 0) is 4.79 Å². The predicted molar refractivity (Wildman–Crippen MR) is 70.2 cm³/mol. The van der Waals surface area contributed by atoms with Gasteiger partial charge in [-0.25, -0.2) is 0 Å². The van der Waals surface area contributed by atoms with Crippen molar-refractivity contribution in [3.63, 3.8) is 0 Å². The van der Waals surface area contributed by atoms with E-state index in [9.17, 15) is 4.79 Å². The Labute approximate surface area is 108 Å². The highest BCUT2D eigenvalue weighted by atomic mass is 16.5. The zero-order chi connectivity index (χ0) is 12.6. The summed E-state index contributed by atoms with van der Waals surface area (Å²) in [6.07, 6.45) is 7.41. The monoisotopic (exact) mass is 242 g/mol. The standard InChI is InChI=1S/C16H18O2/c1-2-16(11-12-8-9-13(16)10-12)15(17)18-14-6-4-3-5-7-14/h3-9,12-13H,2,10-11H2,1H3. The van der Waals surface area contributed by atoms with Gasteiger partial charge in [0.05, 0.1) is 5.41 Å².